The van der Waals surface area contributed by atoms with Crippen LogP contribution in [0, 0.1) is 5.92 Å². The number of piperidine rings is 1. The van der Waals surface area contributed by atoms with Gasteiger partial charge in [0.05, 0.1) is 5.92 Å². The van der Waals surface area contributed by atoms with Gasteiger partial charge in [-0.15, -0.1) is 11.3 Å². The molecule has 3 heterocycles. The van der Waals surface area contributed by atoms with Crippen LogP contribution in [0.5, 0.6) is 0 Å². The lowest BCUT2D eigenvalue weighted by molar-refractivity contribution is -0.127. The highest BCUT2D eigenvalue weighted by molar-refractivity contribution is 7.99. The van der Waals surface area contributed by atoms with E-state index in [2.05, 4.69) is 5.32 Å². The van der Waals surface area contributed by atoms with Crippen LogP contribution < -0.4 is 5.32 Å². The van der Waals surface area contributed by atoms with Crippen molar-refractivity contribution in [1.29, 1.82) is 0 Å². The van der Waals surface area contributed by atoms with E-state index in [1.54, 1.807) is 28.1 Å². The maximum absolute atomic E-state index is 13.3. The highest BCUT2D eigenvalue weighted by Gasteiger charge is 2.35. The molecule has 1 aromatic rings. The van der Waals surface area contributed by atoms with E-state index in [0.29, 0.717) is 26.2 Å². The molecule has 1 unspecified atom stereocenters. The Balaban J connectivity index is 1.44. The Labute approximate surface area is 193 Å². The summed E-state index contributed by atoms with van der Waals surface area (Å²) in [5, 5.41) is 4.86. The normalized spacial score (nSPS) is 24.1. The highest BCUT2D eigenvalue weighted by atomic mass is 32.2. The average Bonchev–Trinajstić information content (AvgIpc) is 3.31. The molecule has 0 spiro atoms. The van der Waals surface area contributed by atoms with Crippen molar-refractivity contribution in [3.63, 3.8) is 0 Å². The molecule has 1 atom stereocenters. The van der Waals surface area contributed by atoms with Crippen molar-refractivity contribution in [2.75, 3.05) is 37.7 Å². The second kappa shape index (κ2) is 10.2. The summed E-state index contributed by atoms with van der Waals surface area (Å²) < 4.78 is 27.8. The van der Waals surface area contributed by atoms with Gasteiger partial charge >= 0.3 is 0 Å². The Morgan fingerprint density at radius 1 is 1.00 bits per heavy atom. The zero-order chi connectivity index (χ0) is 21.8. The Kier molecular flexibility index (Phi) is 7.61. The molecule has 1 saturated carbocycles. The third kappa shape index (κ3) is 5.29. The number of rotatable bonds is 5. The monoisotopic (exact) mass is 485 g/mol. The first kappa shape index (κ1) is 23.1. The van der Waals surface area contributed by atoms with E-state index in [-0.39, 0.29) is 33.5 Å². The minimum atomic E-state index is -3.68. The van der Waals surface area contributed by atoms with Crippen LogP contribution in [0.4, 0.5) is 0 Å². The lowest BCUT2D eigenvalue weighted by atomic mass is 9.93. The Hall–Kier alpha value is -1.10. The summed E-state index contributed by atoms with van der Waals surface area (Å²) in [5.74, 6) is 1.09. The van der Waals surface area contributed by atoms with Crippen molar-refractivity contribution in [3.8, 4) is 0 Å². The predicted molar refractivity (Wildman–Crippen MR) is 124 cm³/mol. The molecule has 0 radical (unpaired) electrons. The van der Waals surface area contributed by atoms with Crippen molar-refractivity contribution >= 4 is 44.9 Å². The number of carbonyl (C=O) groups is 2. The van der Waals surface area contributed by atoms with Gasteiger partial charge < -0.3 is 10.2 Å². The topological polar surface area (TPSA) is 86.8 Å². The van der Waals surface area contributed by atoms with Crippen molar-refractivity contribution in [2.24, 2.45) is 5.92 Å². The van der Waals surface area contributed by atoms with Crippen LogP contribution in [0.15, 0.2) is 16.3 Å². The molecule has 1 N–H and O–H groups in total. The largest absolute Gasteiger partial charge is 0.353 e. The van der Waals surface area contributed by atoms with E-state index in [1.807, 2.05) is 0 Å². The first-order valence-electron chi connectivity index (χ1n) is 11.2. The van der Waals surface area contributed by atoms with Gasteiger partial charge in [0.15, 0.2) is 0 Å². The molecule has 2 saturated heterocycles. The molecular weight excluding hydrogens is 454 g/mol. The Morgan fingerprint density at radius 3 is 2.48 bits per heavy atom. The molecule has 172 valence electrons. The van der Waals surface area contributed by atoms with Gasteiger partial charge in [0.1, 0.15) is 9.77 Å². The molecular formula is C21H31N3O4S3. The van der Waals surface area contributed by atoms with E-state index < -0.39 is 10.0 Å². The molecule has 10 heteroatoms. The first-order chi connectivity index (χ1) is 15.0. The molecule has 0 bridgehead atoms. The number of likely N-dealkylation sites (tertiary alicyclic amines) is 1. The summed E-state index contributed by atoms with van der Waals surface area (Å²) in [6, 6.07) is 1.80. The van der Waals surface area contributed by atoms with Crippen LogP contribution in [-0.4, -0.2) is 73.2 Å². The zero-order valence-corrected chi connectivity index (χ0v) is 20.2. The average molecular weight is 486 g/mol. The van der Waals surface area contributed by atoms with Crippen LogP contribution in [0.3, 0.4) is 0 Å². The lowest BCUT2D eigenvalue weighted by Gasteiger charge is -2.33. The second-order valence-electron chi connectivity index (χ2n) is 8.56. The smallest absolute Gasteiger partial charge is 0.265 e. The Bertz CT molecular complexity index is 889. The van der Waals surface area contributed by atoms with Gasteiger partial charge in [-0.2, -0.15) is 16.1 Å². The molecule has 2 amide bonds. The van der Waals surface area contributed by atoms with Gasteiger partial charge in [0, 0.05) is 43.7 Å². The van der Waals surface area contributed by atoms with E-state index >= 15 is 0 Å². The molecule has 2 aliphatic heterocycles. The zero-order valence-electron chi connectivity index (χ0n) is 17.8. The molecule has 1 aromatic heterocycles. The lowest BCUT2D eigenvalue weighted by Crippen LogP contribution is -2.48. The van der Waals surface area contributed by atoms with E-state index in [1.165, 1.54) is 22.1 Å². The van der Waals surface area contributed by atoms with Crippen LogP contribution in [0.25, 0.3) is 0 Å². The summed E-state index contributed by atoms with van der Waals surface area (Å²) in [7, 11) is -3.68. The van der Waals surface area contributed by atoms with Crippen molar-refractivity contribution in [3.05, 3.63) is 16.3 Å². The molecule has 31 heavy (non-hydrogen) atoms. The third-order valence-electron chi connectivity index (χ3n) is 6.44. The number of thioether (sulfide) groups is 1. The van der Waals surface area contributed by atoms with Crippen LogP contribution in [0.2, 0.25) is 0 Å². The molecule has 3 aliphatic rings. The van der Waals surface area contributed by atoms with Crippen LogP contribution >= 0.6 is 23.1 Å². The third-order valence-corrected chi connectivity index (χ3v) is 10.4. The minimum absolute atomic E-state index is 0.0363. The first-order valence-corrected chi connectivity index (χ1v) is 14.7. The van der Waals surface area contributed by atoms with Gasteiger partial charge in [-0.05, 0) is 37.1 Å². The number of nitrogens with zero attached hydrogens (tertiary/aromatic N) is 2. The van der Waals surface area contributed by atoms with E-state index in [9.17, 15) is 18.0 Å². The number of thiophene rings is 1. The van der Waals surface area contributed by atoms with E-state index in [0.717, 1.165) is 50.0 Å². The Morgan fingerprint density at radius 2 is 1.74 bits per heavy atom. The number of carbonyl (C=O) groups excluding carboxylic acids is 2. The standard InChI is InChI=1S/C21H31N3O4S3/c25-20(22-17-6-2-1-3-7-17)16-5-4-9-23(15-16)21(26)19-18(8-12-30-19)31(27,28)24-10-13-29-14-11-24/h8,12,16-17H,1-7,9-11,13-15H2,(H,22,25). The maximum Gasteiger partial charge on any atom is 0.265 e. The number of hydrogen-bond acceptors (Lipinski definition) is 6. The predicted octanol–water partition coefficient (Wildman–Crippen LogP) is 2.79. The van der Waals surface area contributed by atoms with Crippen molar-refractivity contribution in [2.45, 2.75) is 55.9 Å². The summed E-state index contributed by atoms with van der Waals surface area (Å²) in [6.45, 7) is 1.87. The van der Waals surface area contributed by atoms with Gasteiger partial charge in [-0.1, -0.05) is 19.3 Å². The van der Waals surface area contributed by atoms with Gasteiger partial charge in [0.2, 0.25) is 15.9 Å². The minimum Gasteiger partial charge on any atom is -0.353 e. The number of sulfonamides is 1. The fraction of sp³-hybridized carbons (Fsp3) is 0.714. The van der Waals surface area contributed by atoms with Crippen molar-refractivity contribution in [1.82, 2.24) is 14.5 Å². The molecule has 1 aliphatic carbocycles. The summed E-state index contributed by atoms with van der Waals surface area (Å²) in [6.07, 6.45) is 7.14. The number of amides is 2. The second-order valence-corrected chi connectivity index (χ2v) is 12.6. The van der Waals surface area contributed by atoms with Gasteiger partial charge in [-0.25, -0.2) is 8.42 Å². The fourth-order valence-corrected chi connectivity index (χ4v) is 8.61. The van der Waals surface area contributed by atoms with Gasteiger partial charge in [-0.3, -0.25) is 9.59 Å². The van der Waals surface area contributed by atoms with Crippen LogP contribution in [0.1, 0.15) is 54.6 Å². The van der Waals surface area contributed by atoms with E-state index in [4.69, 9.17) is 0 Å². The van der Waals surface area contributed by atoms with Crippen molar-refractivity contribution < 1.29 is 18.0 Å². The summed E-state index contributed by atoms with van der Waals surface area (Å²) in [4.78, 5) is 28.1. The number of hydrogen-bond donors (Lipinski definition) is 1. The quantitative estimate of drug-likeness (QED) is 0.693. The highest BCUT2D eigenvalue weighted by Crippen LogP contribution is 2.30. The summed E-state index contributed by atoms with van der Waals surface area (Å²) >= 11 is 2.92. The molecule has 3 fully saturated rings. The molecule has 0 aromatic carbocycles. The fourth-order valence-electron chi connectivity index (χ4n) is 4.67. The summed E-state index contributed by atoms with van der Waals surface area (Å²) in [5.41, 5.74) is 0. The SMILES string of the molecule is O=C(NC1CCCCC1)C1CCCN(C(=O)c2sccc2S(=O)(=O)N2CCSCC2)C1. The molecule has 4 rings (SSSR count). The molecule has 7 nitrogen and oxygen atoms in total. The number of nitrogens with one attached hydrogen (secondary N) is 1. The van der Waals surface area contributed by atoms with Crippen LogP contribution in [-0.2, 0) is 14.8 Å². The van der Waals surface area contributed by atoms with Gasteiger partial charge in [0.25, 0.3) is 5.91 Å². The maximum atomic E-state index is 13.3.